The van der Waals surface area contributed by atoms with Crippen molar-refractivity contribution in [2.24, 2.45) is 11.8 Å². The van der Waals surface area contributed by atoms with Crippen molar-refractivity contribution in [3.05, 3.63) is 27.7 Å². The average Bonchev–Trinajstić information content (AvgIpc) is 3.10. The molecule has 2 aliphatic rings. The number of allylic oxidation sites excluding steroid dienone is 2. The highest BCUT2D eigenvalue weighted by Crippen LogP contribution is 2.32. The van der Waals surface area contributed by atoms with Crippen LogP contribution in [-0.4, -0.2) is 35.5 Å². The van der Waals surface area contributed by atoms with E-state index >= 15 is 0 Å². The smallest absolute Gasteiger partial charge is 0.317 e. The Morgan fingerprint density at radius 2 is 2.05 bits per heavy atom. The lowest BCUT2D eigenvalue weighted by Crippen LogP contribution is -2.39. The van der Waals surface area contributed by atoms with Gasteiger partial charge in [0.25, 0.3) is 0 Å². The molecule has 0 radical (unpaired) electrons. The highest BCUT2D eigenvalue weighted by Gasteiger charge is 2.34. The molecule has 2 heterocycles. The summed E-state index contributed by atoms with van der Waals surface area (Å²) in [5.41, 5.74) is 1.20. The maximum absolute atomic E-state index is 12.3. The lowest BCUT2D eigenvalue weighted by molar-refractivity contribution is 0.206. The molecule has 1 saturated heterocycles. The second-order valence-corrected chi connectivity index (χ2v) is 7.60. The summed E-state index contributed by atoms with van der Waals surface area (Å²) in [5, 5.41) is 4.20. The number of amides is 2. The number of fused-ring (bicyclic) bond motifs is 1. The van der Waals surface area contributed by atoms with Crippen LogP contribution < -0.4 is 5.32 Å². The van der Waals surface area contributed by atoms with Gasteiger partial charge in [-0.1, -0.05) is 19.1 Å². The Hall–Kier alpha value is -1.36. The number of aromatic nitrogens is 1. The lowest BCUT2D eigenvalue weighted by Gasteiger charge is -2.17. The summed E-state index contributed by atoms with van der Waals surface area (Å²) in [6, 6.07) is 0.0957. The second-order valence-electron chi connectivity index (χ2n) is 6.31. The van der Waals surface area contributed by atoms with Crippen LogP contribution in [0.1, 0.15) is 35.3 Å². The zero-order valence-electron chi connectivity index (χ0n) is 13.5. The number of nitrogens with one attached hydrogen (secondary N) is 1. The van der Waals surface area contributed by atoms with E-state index in [1.165, 1.54) is 10.6 Å². The summed E-state index contributed by atoms with van der Waals surface area (Å²) in [5.74, 6) is 1.34. The number of nitrogens with zero attached hydrogens (tertiary/aromatic N) is 2. The third-order valence-corrected chi connectivity index (χ3v) is 5.87. The largest absolute Gasteiger partial charge is 0.338 e. The number of carbonyl (C=O) groups excluding carboxylic acids is 1. The average molecular weight is 319 g/mol. The topological polar surface area (TPSA) is 45.2 Å². The Morgan fingerprint density at radius 1 is 1.36 bits per heavy atom. The van der Waals surface area contributed by atoms with Crippen molar-refractivity contribution >= 4 is 17.4 Å². The number of hydrogen-bond acceptors (Lipinski definition) is 3. The van der Waals surface area contributed by atoms with Gasteiger partial charge in [0.05, 0.1) is 10.7 Å². The van der Waals surface area contributed by atoms with Crippen LogP contribution in [0, 0.1) is 18.8 Å². The van der Waals surface area contributed by atoms with E-state index in [-0.39, 0.29) is 6.03 Å². The molecule has 4 nitrogen and oxygen atoms in total. The van der Waals surface area contributed by atoms with Gasteiger partial charge in [0, 0.05) is 30.9 Å². The Labute approximate surface area is 136 Å². The van der Waals surface area contributed by atoms with Crippen molar-refractivity contribution in [3.8, 4) is 0 Å². The van der Waals surface area contributed by atoms with E-state index in [0.29, 0.717) is 18.4 Å². The molecule has 0 unspecified atom stereocenters. The van der Waals surface area contributed by atoms with Gasteiger partial charge in [-0.15, -0.1) is 11.3 Å². The summed E-state index contributed by atoms with van der Waals surface area (Å²) >= 11 is 1.75. The van der Waals surface area contributed by atoms with E-state index in [1.54, 1.807) is 11.3 Å². The van der Waals surface area contributed by atoms with Gasteiger partial charge in [0.15, 0.2) is 0 Å². The van der Waals surface area contributed by atoms with Gasteiger partial charge in [-0.2, -0.15) is 0 Å². The molecule has 1 aromatic rings. The van der Waals surface area contributed by atoms with Gasteiger partial charge < -0.3 is 10.2 Å². The molecule has 22 heavy (non-hydrogen) atoms. The van der Waals surface area contributed by atoms with E-state index in [4.69, 9.17) is 0 Å². The number of urea groups is 1. The fraction of sp³-hybridized carbons (Fsp3) is 0.647. The summed E-state index contributed by atoms with van der Waals surface area (Å²) in [6.45, 7) is 6.77. The van der Waals surface area contributed by atoms with Gasteiger partial charge in [-0.25, -0.2) is 9.78 Å². The van der Waals surface area contributed by atoms with Gasteiger partial charge >= 0.3 is 6.03 Å². The fourth-order valence-electron chi connectivity index (χ4n) is 3.49. The molecule has 5 heteroatoms. The molecule has 120 valence electrons. The minimum absolute atomic E-state index is 0.0957. The van der Waals surface area contributed by atoms with Gasteiger partial charge in [0.1, 0.15) is 0 Å². The molecule has 3 rings (SSSR count). The Kier molecular flexibility index (Phi) is 4.81. The lowest BCUT2D eigenvalue weighted by atomic mass is 9.86. The SMILES string of the molecule is CCc1nc(CCNC(=O)N2C[C@H]3CC=CC[C@@H]3C2)sc1C. The molecule has 0 saturated carbocycles. The van der Waals surface area contributed by atoms with E-state index in [0.717, 1.165) is 43.8 Å². The molecular weight excluding hydrogens is 294 g/mol. The van der Waals surface area contributed by atoms with Gasteiger partial charge in [-0.3, -0.25) is 0 Å². The number of likely N-dealkylation sites (tertiary alicyclic amines) is 1. The predicted octanol–water partition coefficient (Wildman–Crippen LogP) is 3.16. The second kappa shape index (κ2) is 6.82. The molecule has 1 aromatic heterocycles. The first kappa shape index (κ1) is 15.5. The molecule has 1 aliphatic carbocycles. The minimum atomic E-state index is 0.0957. The molecule has 0 bridgehead atoms. The maximum Gasteiger partial charge on any atom is 0.317 e. The molecule has 0 aromatic carbocycles. The van der Waals surface area contributed by atoms with Crippen molar-refractivity contribution in [2.75, 3.05) is 19.6 Å². The van der Waals surface area contributed by atoms with Crippen LogP contribution in [0.4, 0.5) is 4.79 Å². The highest BCUT2D eigenvalue weighted by molar-refractivity contribution is 7.11. The summed E-state index contributed by atoms with van der Waals surface area (Å²) in [6.07, 6.45) is 8.61. The quantitative estimate of drug-likeness (QED) is 0.867. The number of rotatable bonds is 4. The Balaban J connectivity index is 1.44. The normalized spacial score (nSPS) is 23.6. The van der Waals surface area contributed by atoms with E-state index < -0.39 is 0 Å². The van der Waals surface area contributed by atoms with Crippen LogP contribution in [-0.2, 0) is 12.8 Å². The van der Waals surface area contributed by atoms with Crippen LogP contribution in [0.5, 0.6) is 0 Å². The third kappa shape index (κ3) is 3.35. The molecular formula is C17H25N3OS. The number of aryl methyl sites for hydroxylation is 2. The maximum atomic E-state index is 12.3. The molecule has 2 atom stereocenters. The predicted molar refractivity (Wildman–Crippen MR) is 90.3 cm³/mol. The van der Waals surface area contributed by atoms with E-state index in [9.17, 15) is 4.79 Å². The van der Waals surface area contributed by atoms with Crippen LogP contribution in [0.25, 0.3) is 0 Å². The summed E-state index contributed by atoms with van der Waals surface area (Å²) in [7, 11) is 0. The molecule has 0 spiro atoms. The standard InChI is InChI=1S/C17H25N3OS/c1-3-15-12(2)22-16(19-15)8-9-18-17(21)20-10-13-6-4-5-7-14(13)11-20/h4-5,13-14H,3,6-11H2,1-2H3,(H,18,21)/t13-,14-/m1/s1. The minimum Gasteiger partial charge on any atom is -0.338 e. The van der Waals surface area contributed by atoms with Crippen molar-refractivity contribution in [1.82, 2.24) is 15.2 Å². The summed E-state index contributed by atoms with van der Waals surface area (Å²) in [4.78, 5) is 20.2. The van der Waals surface area contributed by atoms with Gasteiger partial charge in [-0.05, 0) is 38.0 Å². The number of carbonyl (C=O) groups is 1. The Bertz CT molecular complexity index is 550. The van der Waals surface area contributed by atoms with Crippen LogP contribution in [0.3, 0.4) is 0 Å². The van der Waals surface area contributed by atoms with Crippen molar-refractivity contribution in [1.29, 1.82) is 0 Å². The van der Waals surface area contributed by atoms with Crippen LogP contribution in [0.15, 0.2) is 12.2 Å². The first-order chi connectivity index (χ1) is 10.7. The molecule has 2 amide bonds. The molecule has 1 N–H and O–H groups in total. The van der Waals surface area contributed by atoms with Crippen LogP contribution >= 0.6 is 11.3 Å². The monoisotopic (exact) mass is 319 g/mol. The van der Waals surface area contributed by atoms with Gasteiger partial charge in [0.2, 0.25) is 0 Å². The number of hydrogen-bond donors (Lipinski definition) is 1. The first-order valence-electron chi connectivity index (χ1n) is 8.30. The Morgan fingerprint density at radius 3 is 2.64 bits per heavy atom. The fourth-order valence-corrected chi connectivity index (χ4v) is 4.51. The van der Waals surface area contributed by atoms with Crippen LogP contribution in [0.2, 0.25) is 0 Å². The van der Waals surface area contributed by atoms with Crippen molar-refractivity contribution < 1.29 is 4.79 Å². The molecule has 1 fully saturated rings. The summed E-state index contributed by atoms with van der Waals surface area (Å²) < 4.78 is 0. The highest BCUT2D eigenvalue weighted by atomic mass is 32.1. The zero-order valence-corrected chi connectivity index (χ0v) is 14.3. The zero-order chi connectivity index (χ0) is 15.5. The number of thiazole rings is 1. The van der Waals surface area contributed by atoms with Crippen molar-refractivity contribution in [3.63, 3.8) is 0 Å². The van der Waals surface area contributed by atoms with Crippen molar-refractivity contribution in [2.45, 2.75) is 39.5 Å². The first-order valence-corrected chi connectivity index (χ1v) is 9.12. The molecule has 1 aliphatic heterocycles. The van der Waals surface area contributed by atoms with E-state index in [1.807, 2.05) is 4.90 Å². The van der Waals surface area contributed by atoms with E-state index in [2.05, 4.69) is 36.3 Å². The third-order valence-electron chi connectivity index (χ3n) is 4.79.